The number of hydrogen-bond donors (Lipinski definition) is 4. The largest absolute Gasteiger partial charge is 0.398 e. The first-order valence-electron chi connectivity index (χ1n) is 12.1. The molecule has 9 heteroatoms. The van der Waals surface area contributed by atoms with E-state index in [1.165, 1.54) is 19.3 Å². The molecule has 0 spiro atoms. The van der Waals surface area contributed by atoms with Gasteiger partial charge in [-0.2, -0.15) is 9.97 Å². The molecule has 8 nitrogen and oxygen atoms in total. The van der Waals surface area contributed by atoms with E-state index in [2.05, 4.69) is 43.5 Å². The topological polar surface area (TPSA) is 134 Å². The lowest BCUT2D eigenvalue weighted by molar-refractivity contribution is 0.352. The summed E-state index contributed by atoms with van der Waals surface area (Å²) in [5.74, 6) is 1.99. The van der Waals surface area contributed by atoms with Crippen LogP contribution in [0, 0.1) is 3.57 Å². The van der Waals surface area contributed by atoms with Crippen LogP contribution in [0.1, 0.15) is 75.2 Å². The summed E-state index contributed by atoms with van der Waals surface area (Å²) in [5.41, 5.74) is 22.2. The molecule has 7 N–H and O–H groups in total. The number of imidazole rings is 1. The molecule has 3 aromatic rings. The number of aromatic nitrogens is 4. The zero-order valence-electron chi connectivity index (χ0n) is 18.9. The van der Waals surface area contributed by atoms with Crippen molar-refractivity contribution in [3.63, 3.8) is 0 Å². The third kappa shape index (κ3) is 4.89. The van der Waals surface area contributed by atoms with Crippen molar-refractivity contribution in [3.05, 3.63) is 33.2 Å². The Bertz CT molecular complexity index is 1130. The van der Waals surface area contributed by atoms with Crippen LogP contribution in [-0.4, -0.2) is 31.6 Å². The molecule has 5 rings (SSSR count). The third-order valence-corrected chi connectivity index (χ3v) is 7.81. The van der Waals surface area contributed by atoms with Crippen LogP contribution >= 0.6 is 22.6 Å². The van der Waals surface area contributed by atoms with E-state index in [1.54, 1.807) is 0 Å². The number of fused-ring (bicyclic) bond motifs is 1. The average Bonchev–Trinajstić information content (AvgIpc) is 3.17. The van der Waals surface area contributed by atoms with Crippen LogP contribution in [0.5, 0.6) is 0 Å². The van der Waals surface area contributed by atoms with Crippen molar-refractivity contribution in [1.29, 1.82) is 0 Å². The van der Waals surface area contributed by atoms with Crippen LogP contribution in [0.3, 0.4) is 0 Å². The summed E-state index contributed by atoms with van der Waals surface area (Å²) >= 11 is 2.33. The number of rotatable bonds is 5. The Labute approximate surface area is 208 Å². The number of halogens is 1. The standard InChI is InChI=1S/C24H33IN8/c25-15-6-11-19(27)14(12-15)13-20-30-21-22(28)31-24(29-17-9-7-16(26)8-10-17)32-23(21)33(20)18-4-2-1-3-5-18/h6,11-12,16-18H,1-5,7-10,13,26-27H2,(H3,28,29,31,32). The maximum absolute atomic E-state index is 6.43. The first kappa shape index (κ1) is 22.6. The van der Waals surface area contributed by atoms with Crippen molar-refractivity contribution in [3.8, 4) is 0 Å². The van der Waals surface area contributed by atoms with Gasteiger partial charge < -0.3 is 27.1 Å². The van der Waals surface area contributed by atoms with E-state index in [9.17, 15) is 0 Å². The SMILES string of the molecule is Nc1ccc(I)cc1Cc1nc2c(N)nc(NC3CCC(N)CC3)nc2n1C1CCCCC1. The fourth-order valence-corrected chi connectivity index (χ4v) is 5.85. The molecule has 2 fully saturated rings. The molecule has 0 saturated heterocycles. The van der Waals surface area contributed by atoms with Gasteiger partial charge in [0.05, 0.1) is 0 Å². The molecule has 2 saturated carbocycles. The fraction of sp³-hybridized carbons (Fsp3) is 0.542. The van der Waals surface area contributed by atoms with E-state index in [0.29, 0.717) is 41.8 Å². The van der Waals surface area contributed by atoms with Crippen LogP contribution in [-0.2, 0) is 6.42 Å². The second-order valence-electron chi connectivity index (χ2n) is 9.57. The molecule has 1 aromatic carbocycles. The van der Waals surface area contributed by atoms with Gasteiger partial charge in [0.2, 0.25) is 5.95 Å². The minimum atomic E-state index is 0.306. The fourth-order valence-electron chi connectivity index (χ4n) is 5.30. The minimum absolute atomic E-state index is 0.306. The van der Waals surface area contributed by atoms with Gasteiger partial charge in [-0.25, -0.2) is 4.98 Å². The maximum Gasteiger partial charge on any atom is 0.226 e. The molecule has 0 amide bonds. The number of nitrogens with one attached hydrogen (secondary N) is 1. The van der Waals surface area contributed by atoms with Crippen LogP contribution in [0.2, 0.25) is 0 Å². The first-order chi connectivity index (χ1) is 16.0. The highest BCUT2D eigenvalue weighted by molar-refractivity contribution is 14.1. The van der Waals surface area contributed by atoms with Crippen molar-refractivity contribution in [1.82, 2.24) is 19.5 Å². The lowest BCUT2D eigenvalue weighted by atomic mass is 9.92. The van der Waals surface area contributed by atoms with Gasteiger partial charge in [0.15, 0.2) is 17.0 Å². The molecule has 33 heavy (non-hydrogen) atoms. The highest BCUT2D eigenvalue weighted by Crippen LogP contribution is 2.35. The number of nitrogen functional groups attached to an aromatic ring is 2. The van der Waals surface area contributed by atoms with Crippen molar-refractivity contribution < 1.29 is 0 Å². The lowest BCUT2D eigenvalue weighted by Crippen LogP contribution is -2.33. The van der Waals surface area contributed by atoms with E-state index in [-0.39, 0.29) is 0 Å². The van der Waals surface area contributed by atoms with Gasteiger partial charge >= 0.3 is 0 Å². The smallest absolute Gasteiger partial charge is 0.226 e. The molecule has 2 aliphatic rings. The Morgan fingerprint density at radius 3 is 2.48 bits per heavy atom. The normalized spacial score (nSPS) is 22.0. The van der Waals surface area contributed by atoms with Gasteiger partial charge in [-0.15, -0.1) is 0 Å². The summed E-state index contributed by atoms with van der Waals surface area (Å²) in [6, 6.07) is 7.15. The summed E-state index contributed by atoms with van der Waals surface area (Å²) in [5, 5.41) is 3.52. The predicted molar refractivity (Wildman–Crippen MR) is 142 cm³/mol. The molecule has 0 atom stereocenters. The molecule has 2 heterocycles. The van der Waals surface area contributed by atoms with Crippen molar-refractivity contribution in [2.45, 2.75) is 82.3 Å². The van der Waals surface area contributed by atoms with Crippen molar-refractivity contribution in [2.75, 3.05) is 16.8 Å². The van der Waals surface area contributed by atoms with Crippen LogP contribution in [0.25, 0.3) is 11.2 Å². The molecule has 176 valence electrons. The number of nitrogens with two attached hydrogens (primary N) is 3. The predicted octanol–water partition coefficient (Wildman–Crippen LogP) is 4.37. The van der Waals surface area contributed by atoms with E-state index < -0.39 is 0 Å². The highest BCUT2D eigenvalue weighted by atomic mass is 127. The second-order valence-corrected chi connectivity index (χ2v) is 10.8. The molecule has 0 aliphatic heterocycles. The Hall–Kier alpha value is -2.14. The maximum atomic E-state index is 6.43. The zero-order valence-corrected chi connectivity index (χ0v) is 21.1. The lowest BCUT2D eigenvalue weighted by Gasteiger charge is -2.27. The average molecular weight is 560 g/mol. The first-order valence-corrected chi connectivity index (χ1v) is 13.2. The summed E-state index contributed by atoms with van der Waals surface area (Å²) in [6.45, 7) is 0. The van der Waals surface area contributed by atoms with Gasteiger partial charge in [-0.1, -0.05) is 19.3 Å². The Kier molecular flexibility index (Phi) is 6.60. The van der Waals surface area contributed by atoms with Gasteiger partial charge in [0, 0.05) is 33.8 Å². The molecular formula is C24H33IN8. The van der Waals surface area contributed by atoms with Gasteiger partial charge in [-0.05, 0) is 84.9 Å². The van der Waals surface area contributed by atoms with Gasteiger partial charge in [0.25, 0.3) is 0 Å². The van der Waals surface area contributed by atoms with Crippen LogP contribution in [0.4, 0.5) is 17.5 Å². The Morgan fingerprint density at radius 1 is 0.970 bits per heavy atom. The Morgan fingerprint density at radius 2 is 1.73 bits per heavy atom. The minimum Gasteiger partial charge on any atom is -0.398 e. The number of benzene rings is 1. The van der Waals surface area contributed by atoms with E-state index in [4.69, 9.17) is 27.2 Å². The van der Waals surface area contributed by atoms with Crippen molar-refractivity contribution >= 4 is 51.2 Å². The van der Waals surface area contributed by atoms with Gasteiger partial charge in [-0.3, -0.25) is 0 Å². The molecule has 0 bridgehead atoms. The Balaban J connectivity index is 1.54. The number of nitrogens with zero attached hydrogens (tertiary/aromatic N) is 4. The van der Waals surface area contributed by atoms with E-state index in [1.807, 2.05) is 12.1 Å². The molecule has 0 radical (unpaired) electrons. The summed E-state index contributed by atoms with van der Waals surface area (Å²) in [6.07, 6.45) is 10.8. The quantitative estimate of drug-likeness (QED) is 0.269. The highest BCUT2D eigenvalue weighted by Gasteiger charge is 2.26. The number of hydrogen-bond acceptors (Lipinski definition) is 7. The summed E-state index contributed by atoms with van der Waals surface area (Å²) < 4.78 is 3.49. The van der Waals surface area contributed by atoms with Gasteiger partial charge in [0.1, 0.15) is 5.82 Å². The van der Waals surface area contributed by atoms with E-state index in [0.717, 1.165) is 64.8 Å². The monoisotopic (exact) mass is 560 g/mol. The second kappa shape index (κ2) is 9.61. The summed E-state index contributed by atoms with van der Waals surface area (Å²) in [4.78, 5) is 14.5. The molecule has 0 unspecified atom stereocenters. The van der Waals surface area contributed by atoms with Crippen molar-refractivity contribution in [2.24, 2.45) is 5.73 Å². The molecule has 2 aromatic heterocycles. The van der Waals surface area contributed by atoms with Crippen LogP contribution in [0.15, 0.2) is 18.2 Å². The molecule has 2 aliphatic carbocycles. The third-order valence-electron chi connectivity index (χ3n) is 7.14. The summed E-state index contributed by atoms with van der Waals surface area (Å²) in [7, 11) is 0. The van der Waals surface area contributed by atoms with E-state index >= 15 is 0 Å². The van der Waals surface area contributed by atoms with Crippen LogP contribution < -0.4 is 22.5 Å². The zero-order chi connectivity index (χ0) is 22.9. The number of anilines is 3. The molecular weight excluding hydrogens is 527 g/mol.